The zero-order valence-corrected chi connectivity index (χ0v) is 21.1. The molecule has 0 saturated carbocycles. The number of rotatable bonds is 4. The Kier molecular flexibility index (Phi) is 7.16. The van der Waals surface area contributed by atoms with E-state index in [2.05, 4.69) is 5.32 Å². The number of carbonyl (C=O) groups is 2. The minimum atomic E-state index is -3.54. The molecule has 0 fully saturated rings. The molecule has 1 unspecified atom stereocenters. The number of anilines is 2. The lowest BCUT2D eigenvalue weighted by Crippen LogP contribution is -2.42. The van der Waals surface area contributed by atoms with Crippen LogP contribution in [0.4, 0.5) is 24.5 Å². The van der Waals surface area contributed by atoms with Crippen molar-refractivity contribution < 1.29 is 32.6 Å². The van der Waals surface area contributed by atoms with Crippen LogP contribution >= 0.6 is 23.2 Å². The smallest absolute Gasteiger partial charge is 0.281 e. The Morgan fingerprint density at radius 3 is 2.51 bits per heavy atom. The largest absolute Gasteiger partial charge is 0.495 e. The summed E-state index contributed by atoms with van der Waals surface area (Å²) in [7, 11) is 1.31. The van der Waals surface area contributed by atoms with Crippen LogP contribution < -0.4 is 15.0 Å². The first-order valence-electron chi connectivity index (χ1n) is 11.0. The van der Waals surface area contributed by atoms with Crippen molar-refractivity contribution in [3.05, 3.63) is 87.2 Å². The molecule has 0 bridgehead atoms. The number of amides is 2. The van der Waals surface area contributed by atoms with E-state index in [-0.39, 0.29) is 50.4 Å². The van der Waals surface area contributed by atoms with Crippen LogP contribution in [0.15, 0.2) is 54.6 Å². The standard InChI is InChI=1S/C26H21Cl2F3N2O4/c1-25(36)18-12-15(27)4-8-21(18)33(10-9-26(25,30)31)24(35)14-3-7-20(22(11-14)37-2)32-23(34)17-13-16(29)5-6-19(17)28/h3-8,11-13,36H,9-10H2,1-2H3,(H,32,34). The zero-order valence-electron chi connectivity index (χ0n) is 19.6. The average Bonchev–Trinajstić information content (AvgIpc) is 2.92. The molecule has 6 nitrogen and oxygen atoms in total. The summed E-state index contributed by atoms with van der Waals surface area (Å²) in [6, 6.07) is 11.5. The first kappa shape index (κ1) is 26.8. The summed E-state index contributed by atoms with van der Waals surface area (Å²) < 4.78 is 48.6. The van der Waals surface area contributed by atoms with Gasteiger partial charge in [0.25, 0.3) is 17.7 Å². The quantitative estimate of drug-likeness (QED) is 0.399. The molecule has 3 aromatic carbocycles. The summed E-state index contributed by atoms with van der Waals surface area (Å²) >= 11 is 12.0. The predicted molar refractivity (Wildman–Crippen MR) is 135 cm³/mol. The third-order valence-electron chi connectivity index (χ3n) is 6.25. The summed E-state index contributed by atoms with van der Waals surface area (Å²) in [5.41, 5.74) is -2.51. The van der Waals surface area contributed by atoms with Gasteiger partial charge in [-0.15, -0.1) is 0 Å². The van der Waals surface area contributed by atoms with Gasteiger partial charge in [0.05, 0.1) is 29.1 Å². The monoisotopic (exact) mass is 552 g/mol. The van der Waals surface area contributed by atoms with Crippen LogP contribution in [0.25, 0.3) is 0 Å². The van der Waals surface area contributed by atoms with Crippen LogP contribution in [0.1, 0.15) is 39.6 Å². The summed E-state index contributed by atoms with van der Waals surface area (Å²) in [6.45, 7) is 0.608. The maximum atomic E-state index is 14.9. The highest BCUT2D eigenvalue weighted by Gasteiger charge is 2.53. The molecule has 0 radical (unpaired) electrons. The van der Waals surface area contributed by atoms with E-state index in [4.69, 9.17) is 27.9 Å². The molecule has 4 rings (SSSR count). The van der Waals surface area contributed by atoms with Crippen LogP contribution in [-0.2, 0) is 5.60 Å². The van der Waals surface area contributed by atoms with Gasteiger partial charge in [0.15, 0.2) is 5.60 Å². The molecule has 194 valence electrons. The Morgan fingerprint density at radius 1 is 1.08 bits per heavy atom. The molecule has 11 heteroatoms. The number of carbonyl (C=O) groups excluding carboxylic acids is 2. The van der Waals surface area contributed by atoms with Crippen molar-refractivity contribution >= 4 is 46.4 Å². The molecule has 1 aliphatic heterocycles. The molecule has 2 N–H and O–H groups in total. The van der Waals surface area contributed by atoms with E-state index in [0.717, 1.165) is 24.0 Å². The van der Waals surface area contributed by atoms with Gasteiger partial charge in [-0.25, -0.2) is 13.2 Å². The fourth-order valence-electron chi connectivity index (χ4n) is 4.10. The SMILES string of the molecule is COc1cc(C(=O)N2CCC(F)(F)C(C)(O)c3cc(Cl)ccc32)ccc1NC(=O)c1cc(F)ccc1Cl. The Bertz CT molecular complexity index is 1400. The number of halogens is 5. The highest BCUT2D eigenvalue weighted by atomic mass is 35.5. The Hall–Kier alpha value is -3.27. The molecule has 1 heterocycles. The van der Waals surface area contributed by atoms with Crippen LogP contribution in [-0.4, -0.2) is 36.5 Å². The van der Waals surface area contributed by atoms with Crippen LogP contribution in [0.5, 0.6) is 5.75 Å². The summed E-state index contributed by atoms with van der Waals surface area (Å²) in [6.07, 6.45) is -0.794. The number of nitrogens with zero attached hydrogens (tertiary/aromatic N) is 1. The van der Waals surface area contributed by atoms with Crippen molar-refractivity contribution in [1.29, 1.82) is 0 Å². The van der Waals surface area contributed by atoms with E-state index >= 15 is 0 Å². The summed E-state index contributed by atoms with van der Waals surface area (Å²) in [5.74, 6) is -5.43. The maximum Gasteiger partial charge on any atom is 0.281 e. The van der Waals surface area contributed by atoms with Gasteiger partial charge < -0.3 is 20.1 Å². The zero-order chi connectivity index (χ0) is 27.1. The van der Waals surface area contributed by atoms with Crippen molar-refractivity contribution in [2.75, 3.05) is 23.9 Å². The number of ether oxygens (including phenoxy) is 1. The topological polar surface area (TPSA) is 78.9 Å². The van der Waals surface area contributed by atoms with Crippen LogP contribution in [0.2, 0.25) is 10.0 Å². The van der Waals surface area contributed by atoms with E-state index in [9.17, 15) is 27.9 Å². The van der Waals surface area contributed by atoms with E-state index in [1.807, 2.05) is 0 Å². The first-order valence-corrected chi connectivity index (χ1v) is 11.8. The Labute approximate surface area is 220 Å². The lowest BCUT2D eigenvalue weighted by molar-refractivity contribution is -0.177. The third-order valence-corrected chi connectivity index (χ3v) is 6.82. The normalized spacial score (nSPS) is 18.5. The molecular weight excluding hydrogens is 532 g/mol. The van der Waals surface area contributed by atoms with Gasteiger partial charge in [0.1, 0.15) is 11.6 Å². The molecular formula is C26H21Cl2F3N2O4. The van der Waals surface area contributed by atoms with Crippen molar-refractivity contribution in [3.63, 3.8) is 0 Å². The molecule has 2 amide bonds. The number of nitrogens with one attached hydrogen (secondary N) is 1. The second kappa shape index (κ2) is 9.89. The highest BCUT2D eigenvalue weighted by Crippen LogP contribution is 2.47. The number of hydrogen-bond donors (Lipinski definition) is 2. The molecule has 1 aliphatic rings. The van der Waals surface area contributed by atoms with Gasteiger partial charge in [-0.1, -0.05) is 23.2 Å². The minimum absolute atomic E-state index is 0.0392. The van der Waals surface area contributed by atoms with Gasteiger partial charge in [-0.3, -0.25) is 9.59 Å². The van der Waals surface area contributed by atoms with E-state index in [0.29, 0.717) is 0 Å². The van der Waals surface area contributed by atoms with E-state index < -0.39 is 35.6 Å². The van der Waals surface area contributed by atoms with Crippen molar-refractivity contribution in [1.82, 2.24) is 0 Å². The van der Waals surface area contributed by atoms with Gasteiger partial charge in [0.2, 0.25) is 0 Å². The van der Waals surface area contributed by atoms with Gasteiger partial charge in [0, 0.05) is 29.1 Å². The predicted octanol–water partition coefficient (Wildman–Crippen LogP) is 6.29. The lowest BCUT2D eigenvalue weighted by Gasteiger charge is -2.32. The molecule has 0 spiro atoms. The third kappa shape index (κ3) is 4.99. The number of benzene rings is 3. The van der Waals surface area contributed by atoms with Crippen molar-refractivity contribution in [2.45, 2.75) is 24.9 Å². The van der Waals surface area contributed by atoms with E-state index in [1.54, 1.807) is 0 Å². The summed E-state index contributed by atoms with van der Waals surface area (Å²) in [5, 5.41) is 13.4. The van der Waals surface area contributed by atoms with Crippen LogP contribution in [0, 0.1) is 5.82 Å². The Morgan fingerprint density at radius 2 is 1.81 bits per heavy atom. The molecule has 3 aromatic rings. The number of methoxy groups -OCH3 is 1. The first-order chi connectivity index (χ1) is 17.4. The molecule has 0 aliphatic carbocycles. The van der Waals surface area contributed by atoms with Crippen LogP contribution in [0.3, 0.4) is 0 Å². The number of hydrogen-bond acceptors (Lipinski definition) is 4. The van der Waals surface area contributed by atoms with Crippen molar-refractivity contribution in [3.8, 4) is 5.75 Å². The molecule has 0 aromatic heterocycles. The highest BCUT2D eigenvalue weighted by molar-refractivity contribution is 6.34. The van der Waals surface area contributed by atoms with Gasteiger partial charge in [-0.2, -0.15) is 0 Å². The molecule has 0 saturated heterocycles. The number of aliphatic hydroxyl groups is 1. The summed E-state index contributed by atoms with van der Waals surface area (Å²) in [4.78, 5) is 27.3. The average molecular weight is 553 g/mol. The minimum Gasteiger partial charge on any atom is -0.495 e. The lowest BCUT2D eigenvalue weighted by atomic mass is 9.87. The second-order valence-corrected chi connectivity index (χ2v) is 9.48. The van der Waals surface area contributed by atoms with Gasteiger partial charge in [-0.05, 0) is 61.5 Å². The molecule has 1 atom stereocenters. The van der Waals surface area contributed by atoms with E-state index in [1.165, 1.54) is 49.6 Å². The fraction of sp³-hybridized carbons (Fsp3) is 0.231. The second-order valence-electron chi connectivity index (χ2n) is 8.64. The number of fused-ring (bicyclic) bond motifs is 1. The number of alkyl halides is 2. The van der Waals surface area contributed by atoms with Gasteiger partial charge >= 0.3 is 0 Å². The fourth-order valence-corrected chi connectivity index (χ4v) is 4.48. The van der Waals surface area contributed by atoms with Crippen molar-refractivity contribution in [2.24, 2.45) is 0 Å². The maximum absolute atomic E-state index is 14.9. The molecule has 37 heavy (non-hydrogen) atoms. The Balaban J connectivity index is 1.68.